The van der Waals surface area contributed by atoms with Crippen molar-refractivity contribution in [1.29, 1.82) is 0 Å². The molecule has 2 aliphatic rings. The number of carbonyl (C=O) groups excluding carboxylic acids is 2. The summed E-state index contributed by atoms with van der Waals surface area (Å²) in [7, 11) is 1.34. The minimum Gasteiger partial charge on any atom is -0.479 e. The van der Waals surface area contributed by atoms with Gasteiger partial charge < -0.3 is 24.8 Å². The summed E-state index contributed by atoms with van der Waals surface area (Å²) in [6.07, 6.45) is 0.156. The first-order valence-corrected chi connectivity index (χ1v) is 12.0. The first kappa shape index (κ1) is 24.7. The zero-order valence-corrected chi connectivity index (χ0v) is 20.3. The molecule has 0 aromatic heterocycles. The Hall–Kier alpha value is -3.39. The lowest BCUT2D eigenvalue weighted by Crippen LogP contribution is -2.60. The normalized spacial score (nSPS) is 20.2. The van der Waals surface area contributed by atoms with Gasteiger partial charge in [0.1, 0.15) is 12.6 Å². The van der Waals surface area contributed by atoms with Crippen molar-refractivity contribution in [3.05, 3.63) is 59.7 Å². The Morgan fingerprint density at radius 3 is 2.23 bits per heavy atom. The Kier molecular flexibility index (Phi) is 7.12. The molecule has 8 nitrogen and oxygen atoms in total. The highest BCUT2D eigenvalue weighted by atomic mass is 16.5. The number of carboxylic acids is 1. The van der Waals surface area contributed by atoms with Crippen molar-refractivity contribution < 1.29 is 29.0 Å². The first-order valence-electron chi connectivity index (χ1n) is 12.0. The second kappa shape index (κ2) is 10.1. The van der Waals surface area contributed by atoms with Gasteiger partial charge in [-0.1, -0.05) is 62.4 Å². The van der Waals surface area contributed by atoms with E-state index in [1.54, 1.807) is 0 Å². The van der Waals surface area contributed by atoms with E-state index in [0.717, 1.165) is 22.3 Å². The van der Waals surface area contributed by atoms with Gasteiger partial charge in [0.15, 0.2) is 5.60 Å². The predicted octanol–water partition coefficient (Wildman–Crippen LogP) is 3.64. The van der Waals surface area contributed by atoms with Gasteiger partial charge in [-0.15, -0.1) is 0 Å². The number of nitrogens with zero attached hydrogens (tertiary/aromatic N) is 1. The van der Waals surface area contributed by atoms with Gasteiger partial charge in [-0.05, 0) is 41.0 Å². The summed E-state index contributed by atoms with van der Waals surface area (Å²) < 4.78 is 10.9. The standard InChI is InChI=1S/C27H32N2O6/c1-17(2)23(24(30)29-14-8-13-27(16-29,34-3)25(31)32)28-26(33)35-15-22-20-11-6-4-9-18(20)19-10-5-7-12-21(19)22/h4-7,9-12,17,22-23H,8,13-16H2,1-3H3,(H,28,33)(H,31,32). The Balaban J connectivity index is 1.43. The number of amides is 2. The van der Waals surface area contributed by atoms with E-state index in [1.165, 1.54) is 12.0 Å². The molecule has 1 aliphatic heterocycles. The number of hydrogen-bond acceptors (Lipinski definition) is 5. The second-order valence-corrected chi connectivity index (χ2v) is 9.56. The zero-order valence-electron chi connectivity index (χ0n) is 20.3. The number of nitrogens with one attached hydrogen (secondary N) is 1. The summed E-state index contributed by atoms with van der Waals surface area (Å²) in [5.74, 6) is -1.73. The number of hydrogen-bond donors (Lipinski definition) is 2. The van der Waals surface area contributed by atoms with Gasteiger partial charge in [0, 0.05) is 19.6 Å². The fourth-order valence-corrected chi connectivity index (χ4v) is 5.12. The molecule has 2 atom stereocenters. The van der Waals surface area contributed by atoms with Gasteiger partial charge >= 0.3 is 12.1 Å². The van der Waals surface area contributed by atoms with E-state index < -0.39 is 23.7 Å². The van der Waals surface area contributed by atoms with Crippen molar-refractivity contribution in [1.82, 2.24) is 10.2 Å². The van der Waals surface area contributed by atoms with Crippen LogP contribution in [0.5, 0.6) is 0 Å². The quantitative estimate of drug-likeness (QED) is 0.627. The van der Waals surface area contributed by atoms with Crippen LogP contribution in [0.4, 0.5) is 4.79 Å². The molecule has 8 heteroatoms. The van der Waals surface area contributed by atoms with E-state index in [2.05, 4.69) is 17.4 Å². The average Bonchev–Trinajstić information content (AvgIpc) is 3.19. The molecule has 2 aromatic carbocycles. The van der Waals surface area contributed by atoms with Crippen LogP contribution in [0, 0.1) is 5.92 Å². The van der Waals surface area contributed by atoms with Crippen LogP contribution in [0.25, 0.3) is 11.1 Å². The largest absolute Gasteiger partial charge is 0.479 e. The molecule has 2 unspecified atom stereocenters. The Bertz CT molecular complexity index is 1070. The number of fused-ring (bicyclic) bond motifs is 3. The van der Waals surface area contributed by atoms with Crippen LogP contribution in [0.2, 0.25) is 0 Å². The second-order valence-electron chi connectivity index (χ2n) is 9.56. The van der Waals surface area contributed by atoms with Crippen molar-refractivity contribution in [3.63, 3.8) is 0 Å². The zero-order chi connectivity index (χ0) is 25.2. The highest BCUT2D eigenvalue weighted by Gasteiger charge is 2.45. The molecule has 0 saturated carbocycles. The van der Waals surface area contributed by atoms with Gasteiger partial charge in [-0.25, -0.2) is 9.59 Å². The number of ether oxygens (including phenoxy) is 2. The molecule has 4 rings (SSSR count). The summed E-state index contributed by atoms with van der Waals surface area (Å²) in [6, 6.07) is 15.3. The lowest BCUT2D eigenvalue weighted by molar-refractivity contribution is -0.171. The molecular weight excluding hydrogens is 448 g/mol. The summed E-state index contributed by atoms with van der Waals surface area (Å²) in [5.41, 5.74) is 3.06. The van der Waals surface area contributed by atoms with E-state index in [9.17, 15) is 19.5 Å². The van der Waals surface area contributed by atoms with Crippen molar-refractivity contribution in [3.8, 4) is 11.1 Å². The number of piperidine rings is 1. The minimum absolute atomic E-state index is 0.0622. The van der Waals surface area contributed by atoms with Crippen molar-refractivity contribution in [2.24, 2.45) is 5.92 Å². The van der Waals surface area contributed by atoms with Crippen LogP contribution >= 0.6 is 0 Å². The van der Waals surface area contributed by atoms with Crippen LogP contribution in [-0.4, -0.2) is 66.4 Å². The van der Waals surface area contributed by atoms with Gasteiger partial charge in [0.05, 0.1) is 6.54 Å². The molecule has 0 bridgehead atoms. The predicted molar refractivity (Wildman–Crippen MR) is 130 cm³/mol. The van der Waals surface area contributed by atoms with E-state index in [4.69, 9.17) is 9.47 Å². The maximum atomic E-state index is 13.3. The Labute approximate surface area is 205 Å². The lowest BCUT2D eigenvalue weighted by Gasteiger charge is -2.40. The minimum atomic E-state index is -1.43. The van der Waals surface area contributed by atoms with Crippen molar-refractivity contribution in [2.45, 2.75) is 44.2 Å². The first-order chi connectivity index (χ1) is 16.8. The van der Waals surface area contributed by atoms with Crippen molar-refractivity contribution >= 4 is 18.0 Å². The van der Waals surface area contributed by atoms with Gasteiger partial charge in [0.2, 0.25) is 5.91 Å². The van der Waals surface area contributed by atoms with E-state index in [-0.39, 0.29) is 30.9 Å². The molecule has 1 heterocycles. The van der Waals surface area contributed by atoms with E-state index in [0.29, 0.717) is 19.4 Å². The number of carbonyl (C=O) groups is 3. The molecule has 1 aliphatic carbocycles. The fraction of sp³-hybridized carbons (Fsp3) is 0.444. The van der Waals surface area contributed by atoms with Crippen LogP contribution < -0.4 is 5.32 Å². The number of benzene rings is 2. The van der Waals surface area contributed by atoms with Crippen LogP contribution in [0.3, 0.4) is 0 Å². The number of likely N-dealkylation sites (tertiary alicyclic amines) is 1. The van der Waals surface area contributed by atoms with Crippen LogP contribution in [0.15, 0.2) is 48.5 Å². The molecular formula is C27H32N2O6. The average molecular weight is 481 g/mol. The fourth-order valence-electron chi connectivity index (χ4n) is 5.12. The monoisotopic (exact) mass is 480 g/mol. The number of aliphatic carboxylic acids is 1. The third-order valence-electron chi connectivity index (χ3n) is 7.10. The third kappa shape index (κ3) is 4.75. The summed E-state index contributed by atoms with van der Waals surface area (Å²) >= 11 is 0. The van der Waals surface area contributed by atoms with Crippen molar-refractivity contribution in [2.75, 3.05) is 26.8 Å². The van der Waals surface area contributed by atoms with Gasteiger partial charge in [0.25, 0.3) is 0 Å². The molecule has 186 valence electrons. The molecule has 0 spiro atoms. The maximum absolute atomic E-state index is 13.3. The molecule has 2 amide bonds. The molecule has 1 fully saturated rings. The molecule has 0 radical (unpaired) electrons. The molecule has 2 N–H and O–H groups in total. The molecule has 1 saturated heterocycles. The molecule has 35 heavy (non-hydrogen) atoms. The number of carboxylic acid groups (broad SMARTS) is 1. The highest BCUT2D eigenvalue weighted by Crippen LogP contribution is 2.44. The summed E-state index contributed by atoms with van der Waals surface area (Å²) in [4.78, 5) is 39.3. The number of rotatable bonds is 7. The van der Waals surface area contributed by atoms with Crippen LogP contribution in [-0.2, 0) is 19.1 Å². The molecule has 2 aromatic rings. The van der Waals surface area contributed by atoms with E-state index >= 15 is 0 Å². The van der Waals surface area contributed by atoms with Crippen LogP contribution in [0.1, 0.15) is 43.7 Å². The topological polar surface area (TPSA) is 105 Å². The smallest absolute Gasteiger partial charge is 0.407 e. The number of methoxy groups -OCH3 is 1. The van der Waals surface area contributed by atoms with E-state index in [1.807, 2.05) is 50.2 Å². The third-order valence-corrected chi connectivity index (χ3v) is 7.10. The highest BCUT2D eigenvalue weighted by molar-refractivity contribution is 5.87. The Morgan fingerprint density at radius 1 is 1.09 bits per heavy atom. The van der Waals surface area contributed by atoms with Gasteiger partial charge in [-0.2, -0.15) is 0 Å². The lowest BCUT2D eigenvalue weighted by atomic mass is 9.91. The maximum Gasteiger partial charge on any atom is 0.407 e. The number of alkyl carbamates (subject to hydrolysis) is 1. The Morgan fingerprint density at radius 2 is 1.69 bits per heavy atom. The van der Waals surface area contributed by atoms with Gasteiger partial charge in [-0.3, -0.25) is 4.79 Å². The SMILES string of the molecule is COC1(C(=O)O)CCCN(C(=O)C(NC(=O)OCC2c3ccccc3-c3ccccc32)C(C)C)C1. The summed E-state index contributed by atoms with van der Waals surface area (Å²) in [6.45, 7) is 4.16. The summed E-state index contributed by atoms with van der Waals surface area (Å²) in [5, 5.41) is 12.4.